The predicted molar refractivity (Wildman–Crippen MR) is 106 cm³/mol. The maximum atomic E-state index is 13.0. The number of nitrogens with zero attached hydrogens (tertiary/aromatic N) is 1. The summed E-state index contributed by atoms with van der Waals surface area (Å²) in [6, 6.07) is 8.17. The molecule has 142 valence electrons. The zero-order chi connectivity index (χ0) is 19.4. The maximum absolute atomic E-state index is 13.0. The van der Waals surface area contributed by atoms with E-state index in [9.17, 15) is 9.59 Å². The molecule has 3 rings (SSSR count). The van der Waals surface area contributed by atoms with E-state index in [1.807, 2.05) is 6.07 Å². The number of carbonyl (C=O) groups is 2. The minimum Gasteiger partial charge on any atom is -0.478 e. The number of carboxylic acids is 1. The van der Waals surface area contributed by atoms with Gasteiger partial charge in [0.1, 0.15) is 5.82 Å². The highest BCUT2D eigenvalue weighted by molar-refractivity contribution is 6.42. The number of nitrogens with one attached hydrogen (secondary N) is 1. The molecule has 0 saturated heterocycles. The van der Waals surface area contributed by atoms with Crippen LogP contribution < -0.4 is 5.32 Å². The number of aromatic carboxylic acids is 1. The van der Waals surface area contributed by atoms with Crippen LogP contribution in [0, 0.1) is 5.92 Å². The lowest BCUT2D eigenvalue weighted by Gasteiger charge is -2.21. The third-order valence-corrected chi connectivity index (χ3v) is 5.71. The number of rotatable bonds is 6. The molecule has 1 aromatic heterocycles. The Kier molecular flexibility index (Phi) is 6.34. The van der Waals surface area contributed by atoms with E-state index in [1.165, 1.54) is 31.2 Å². The van der Waals surface area contributed by atoms with Gasteiger partial charge >= 0.3 is 5.97 Å². The summed E-state index contributed by atoms with van der Waals surface area (Å²) in [5.74, 6) is -0.797. The highest BCUT2D eigenvalue weighted by Crippen LogP contribution is 2.36. The van der Waals surface area contributed by atoms with Gasteiger partial charge in [-0.25, -0.2) is 9.78 Å². The van der Waals surface area contributed by atoms with Crippen LogP contribution in [0.15, 0.2) is 36.5 Å². The zero-order valence-electron chi connectivity index (χ0n) is 14.6. The van der Waals surface area contributed by atoms with Crippen molar-refractivity contribution in [2.75, 3.05) is 5.32 Å². The molecule has 1 aromatic carbocycles. The molecule has 1 aliphatic rings. The Morgan fingerprint density at radius 2 is 1.89 bits per heavy atom. The van der Waals surface area contributed by atoms with Gasteiger partial charge in [-0.3, -0.25) is 4.79 Å². The molecular formula is C20H20Cl2N2O3. The minimum absolute atomic E-state index is 0.0694. The van der Waals surface area contributed by atoms with Crippen LogP contribution in [-0.4, -0.2) is 22.0 Å². The van der Waals surface area contributed by atoms with Crippen molar-refractivity contribution in [2.24, 2.45) is 5.92 Å². The Balaban J connectivity index is 1.80. The Labute approximate surface area is 167 Å². The number of amides is 1. The number of benzene rings is 1. The average molecular weight is 407 g/mol. The maximum Gasteiger partial charge on any atom is 0.337 e. The van der Waals surface area contributed by atoms with E-state index in [4.69, 9.17) is 28.3 Å². The molecule has 2 aromatic rings. The summed E-state index contributed by atoms with van der Waals surface area (Å²) < 4.78 is 0. The van der Waals surface area contributed by atoms with Crippen LogP contribution in [-0.2, 0) is 4.79 Å². The molecule has 0 bridgehead atoms. The molecule has 5 nitrogen and oxygen atoms in total. The molecule has 1 aliphatic carbocycles. The van der Waals surface area contributed by atoms with Gasteiger partial charge in [-0.15, -0.1) is 0 Å². The van der Waals surface area contributed by atoms with Crippen molar-refractivity contribution >= 4 is 40.9 Å². The van der Waals surface area contributed by atoms with Crippen molar-refractivity contribution in [2.45, 2.75) is 38.0 Å². The van der Waals surface area contributed by atoms with Gasteiger partial charge in [-0.1, -0.05) is 55.0 Å². The lowest BCUT2D eigenvalue weighted by Crippen LogP contribution is -2.23. The molecule has 1 amide bonds. The highest BCUT2D eigenvalue weighted by Gasteiger charge is 2.27. The first kappa shape index (κ1) is 19.6. The molecule has 1 atom stereocenters. The number of pyridine rings is 1. The lowest BCUT2D eigenvalue weighted by atomic mass is 9.87. The van der Waals surface area contributed by atoms with Crippen molar-refractivity contribution in [3.05, 3.63) is 57.7 Å². The van der Waals surface area contributed by atoms with E-state index in [0.29, 0.717) is 21.8 Å². The quantitative estimate of drug-likeness (QED) is 0.673. The van der Waals surface area contributed by atoms with Crippen molar-refractivity contribution in [3.8, 4) is 0 Å². The summed E-state index contributed by atoms with van der Waals surface area (Å²) in [5, 5.41) is 12.6. The summed E-state index contributed by atoms with van der Waals surface area (Å²) in [7, 11) is 0. The first-order chi connectivity index (χ1) is 12.9. The minimum atomic E-state index is -1.06. The van der Waals surface area contributed by atoms with E-state index in [2.05, 4.69) is 10.3 Å². The van der Waals surface area contributed by atoms with Gasteiger partial charge in [0.15, 0.2) is 0 Å². The van der Waals surface area contributed by atoms with Crippen molar-refractivity contribution in [3.63, 3.8) is 0 Å². The van der Waals surface area contributed by atoms with Gasteiger partial charge in [0, 0.05) is 6.20 Å². The second-order valence-corrected chi connectivity index (χ2v) is 7.65. The zero-order valence-corrected chi connectivity index (χ0v) is 16.1. The van der Waals surface area contributed by atoms with Crippen LogP contribution in [0.1, 0.15) is 53.9 Å². The average Bonchev–Trinajstić information content (AvgIpc) is 3.16. The number of hydrogen-bond donors (Lipinski definition) is 2. The van der Waals surface area contributed by atoms with Crippen molar-refractivity contribution in [1.29, 1.82) is 0 Å². The fourth-order valence-corrected chi connectivity index (χ4v) is 3.82. The second kappa shape index (κ2) is 8.72. The predicted octanol–water partition coefficient (Wildman–Crippen LogP) is 5.39. The van der Waals surface area contributed by atoms with Crippen LogP contribution in [0.2, 0.25) is 10.0 Å². The number of carboxylic acid groups (broad SMARTS) is 1. The van der Waals surface area contributed by atoms with E-state index < -0.39 is 5.97 Å². The Morgan fingerprint density at radius 1 is 1.15 bits per heavy atom. The fraction of sp³-hybridized carbons (Fsp3) is 0.350. The molecule has 1 saturated carbocycles. The van der Waals surface area contributed by atoms with E-state index in [0.717, 1.165) is 24.8 Å². The van der Waals surface area contributed by atoms with E-state index in [-0.39, 0.29) is 17.4 Å². The Morgan fingerprint density at radius 3 is 2.48 bits per heavy atom. The molecule has 27 heavy (non-hydrogen) atoms. The molecule has 7 heteroatoms. The molecule has 2 N–H and O–H groups in total. The summed E-state index contributed by atoms with van der Waals surface area (Å²) in [6.45, 7) is 0. The molecule has 1 fully saturated rings. The molecular weight excluding hydrogens is 387 g/mol. The van der Waals surface area contributed by atoms with Crippen molar-refractivity contribution < 1.29 is 14.7 Å². The van der Waals surface area contributed by atoms with Crippen LogP contribution in [0.4, 0.5) is 5.82 Å². The van der Waals surface area contributed by atoms with Crippen LogP contribution in [0.5, 0.6) is 0 Å². The number of aromatic nitrogens is 1. The van der Waals surface area contributed by atoms with Gasteiger partial charge in [-0.2, -0.15) is 0 Å². The summed E-state index contributed by atoms with van der Waals surface area (Å²) in [6.07, 6.45) is 6.59. The van der Waals surface area contributed by atoms with Gasteiger partial charge in [-0.05, 0) is 42.2 Å². The first-order valence-electron chi connectivity index (χ1n) is 8.89. The third kappa shape index (κ3) is 4.99. The highest BCUT2D eigenvalue weighted by atomic mass is 35.5. The van der Waals surface area contributed by atoms with Crippen LogP contribution in [0.25, 0.3) is 0 Å². The summed E-state index contributed by atoms with van der Waals surface area (Å²) in [5.41, 5.74) is 0.885. The molecule has 0 aliphatic heterocycles. The van der Waals surface area contributed by atoms with Gasteiger partial charge in [0.2, 0.25) is 5.91 Å². The lowest BCUT2D eigenvalue weighted by molar-refractivity contribution is -0.118. The Bertz CT molecular complexity index is 834. The summed E-state index contributed by atoms with van der Waals surface area (Å²) in [4.78, 5) is 27.9. The number of hydrogen-bond acceptors (Lipinski definition) is 3. The first-order valence-corrected chi connectivity index (χ1v) is 9.65. The molecule has 1 heterocycles. The topological polar surface area (TPSA) is 79.3 Å². The van der Waals surface area contributed by atoms with E-state index >= 15 is 0 Å². The number of anilines is 1. The normalized spacial score (nSPS) is 15.5. The number of carbonyl (C=O) groups excluding carboxylic acids is 1. The monoisotopic (exact) mass is 406 g/mol. The number of halogens is 2. The third-order valence-electron chi connectivity index (χ3n) is 4.97. The molecule has 0 spiro atoms. The van der Waals surface area contributed by atoms with E-state index in [1.54, 1.807) is 12.1 Å². The van der Waals surface area contributed by atoms with Gasteiger partial charge < -0.3 is 10.4 Å². The summed E-state index contributed by atoms with van der Waals surface area (Å²) >= 11 is 12.2. The molecule has 0 radical (unpaired) electrons. The molecule has 0 unspecified atom stereocenters. The van der Waals surface area contributed by atoms with Gasteiger partial charge in [0.05, 0.1) is 21.5 Å². The largest absolute Gasteiger partial charge is 0.478 e. The Hall–Kier alpha value is -2.11. The van der Waals surface area contributed by atoms with Crippen molar-refractivity contribution in [1.82, 2.24) is 4.98 Å². The standard InChI is InChI=1S/C20H20Cl2N2O3/c21-16-7-5-13(10-17(16)22)15(9-12-3-1-2-4-12)19(25)24-18-8-6-14(11-23-18)20(26)27/h5-8,10-12,15H,1-4,9H2,(H,26,27)(H,23,24,25)/t15-/m1/s1. The fourth-order valence-electron chi connectivity index (χ4n) is 3.51. The van der Waals surface area contributed by atoms with Crippen LogP contribution >= 0.6 is 23.2 Å². The SMILES string of the molecule is O=C(O)c1ccc(NC(=O)[C@H](CC2CCCC2)c2ccc(Cl)c(Cl)c2)nc1. The second-order valence-electron chi connectivity index (χ2n) is 6.84. The smallest absolute Gasteiger partial charge is 0.337 e. The van der Waals surface area contributed by atoms with Crippen LogP contribution in [0.3, 0.4) is 0 Å². The van der Waals surface area contributed by atoms with Gasteiger partial charge in [0.25, 0.3) is 0 Å².